The number of carbonyl (C=O) groups excluding carboxylic acids is 2. The number of rotatable bonds is 8. The third kappa shape index (κ3) is 6.86. The van der Waals surface area contributed by atoms with E-state index in [2.05, 4.69) is 10.3 Å². The Kier molecular flexibility index (Phi) is 7.99. The van der Waals surface area contributed by atoms with Crippen LogP contribution in [0.4, 0.5) is 0 Å². The monoisotopic (exact) mass is 391 g/mol. The number of likely N-dealkylation sites (tertiary alicyclic amines) is 1. The van der Waals surface area contributed by atoms with Crippen molar-refractivity contribution in [2.24, 2.45) is 5.92 Å². The van der Waals surface area contributed by atoms with Gasteiger partial charge in [-0.3, -0.25) is 14.6 Å². The average Bonchev–Trinajstić information content (AvgIpc) is 2.78. The quantitative estimate of drug-likeness (QED) is 0.548. The first-order chi connectivity index (χ1) is 14.2. The van der Waals surface area contributed by atoms with Gasteiger partial charge in [-0.15, -0.1) is 0 Å². The third-order valence-corrected chi connectivity index (χ3v) is 5.28. The molecule has 2 aromatic rings. The topological polar surface area (TPSA) is 62.3 Å². The molecule has 0 spiro atoms. The second kappa shape index (κ2) is 11.1. The van der Waals surface area contributed by atoms with E-state index in [1.165, 1.54) is 6.42 Å². The van der Waals surface area contributed by atoms with E-state index in [1.807, 2.05) is 47.4 Å². The minimum absolute atomic E-state index is 0.0776. The zero-order valence-electron chi connectivity index (χ0n) is 16.8. The Morgan fingerprint density at radius 1 is 1.14 bits per heavy atom. The van der Waals surface area contributed by atoms with E-state index in [-0.39, 0.29) is 11.8 Å². The fourth-order valence-electron chi connectivity index (χ4n) is 3.72. The van der Waals surface area contributed by atoms with Gasteiger partial charge in [-0.2, -0.15) is 0 Å². The molecule has 29 heavy (non-hydrogen) atoms. The zero-order valence-corrected chi connectivity index (χ0v) is 16.8. The van der Waals surface area contributed by atoms with Crippen LogP contribution in [0.5, 0.6) is 0 Å². The zero-order chi connectivity index (χ0) is 20.3. The van der Waals surface area contributed by atoms with Gasteiger partial charge in [0.2, 0.25) is 5.91 Å². The predicted octanol–water partition coefficient (Wildman–Crippen LogP) is 3.93. The number of amides is 2. The van der Waals surface area contributed by atoms with E-state index in [1.54, 1.807) is 24.5 Å². The van der Waals surface area contributed by atoms with Crippen molar-refractivity contribution in [1.29, 1.82) is 0 Å². The first-order valence-electron chi connectivity index (χ1n) is 10.4. The van der Waals surface area contributed by atoms with Crippen LogP contribution in [0.2, 0.25) is 0 Å². The maximum atomic E-state index is 12.6. The summed E-state index contributed by atoms with van der Waals surface area (Å²) in [5.74, 6) is 0.617. The van der Waals surface area contributed by atoms with E-state index in [9.17, 15) is 9.59 Å². The maximum Gasteiger partial charge on any atom is 0.253 e. The molecule has 1 N–H and O–H groups in total. The van der Waals surface area contributed by atoms with Crippen LogP contribution in [0.1, 0.15) is 48.0 Å². The van der Waals surface area contributed by atoms with E-state index in [0.29, 0.717) is 12.5 Å². The standard InChI is InChI=1S/C24H29N3O2/c28-23(14-13-20-9-6-15-25-18-20)26-16-5-4-8-21-10-7-17-27(19-21)24(29)22-11-2-1-3-12-22/h1-3,6,9,11-15,18,21H,4-5,7-8,10,16-17,19H2,(H,26,28)/b14-13-. The Bertz CT molecular complexity index is 805. The lowest BCUT2D eigenvalue weighted by molar-refractivity contribution is -0.116. The Hall–Kier alpha value is -2.95. The summed E-state index contributed by atoms with van der Waals surface area (Å²) in [7, 11) is 0. The Morgan fingerprint density at radius 2 is 2.00 bits per heavy atom. The second-order valence-corrected chi connectivity index (χ2v) is 7.53. The van der Waals surface area contributed by atoms with Gasteiger partial charge in [-0.05, 0) is 61.4 Å². The van der Waals surface area contributed by atoms with Gasteiger partial charge < -0.3 is 10.2 Å². The molecule has 1 fully saturated rings. The van der Waals surface area contributed by atoms with Crippen LogP contribution in [0, 0.1) is 5.92 Å². The highest BCUT2D eigenvalue weighted by molar-refractivity contribution is 5.94. The molecule has 1 atom stereocenters. The number of hydrogen-bond acceptors (Lipinski definition) is 3. The van der Waals surface area contributed by atoms with Gasteiger partial charge in [0.1, 0.15) is 0 Å². The van der Waals surface area contributed by atoms with Gasteiger partial charge in [0.05, 0.1) is 0 Å². The summed E-state index contributed by atoms with van der Waals surface area (Å²) in [6.07, 6.45) is 12.1. The molecule has 0 bridgehead atoms. The van der Waals surface area contributed by atoms with Gasteiger partial charge in [0.25, 0.3) is 5.91 Å². The lowest BCUT2D eigenvalue weighted by atomic mass is 9.92. The van der Waals surface area contributed by atoms with Crippen LogP contribution in [-0.4, -0.2) is 41.3 Å². The summed E-state index contributed by atoms with van der Waals surface area (Å²) in [5.41, 5.74) is 1.68. The average molecular weight is 392 g/mol. The number of unbranched alkanes of at least 4 members (excludes halogenated alkanes) is 1. The molecule has 1 aliphatic heterocycles. The molecule has 0 saturated carbocycles. The molecule has 0 aliphatic carbocycles. The van der Waals surface area contributed by atoms with Gasteiger partial charge in [0, 0.05) is 43.7 Å². The largest absolute Gasteiger partial charge is 0.353 e. The van der Waals surface area contributed by atoms with Gasteiger partial charge in [0.15, 0.2) is 0 Å². The van der Waals surface area contributed by atoms with Crippen LogP contribution >= 0.6 is 0 Å². The number of benzene rings is 1. The SMILES string of the molecule is O=C(/C=C\c1cccnc1)NCCCCC1CCCN(C(=O)c2ccccc2)C1. The van der Waals surface area contributed by atoms with Gasteiger partial charge in [-0.1, -0.05) is 30.7 Å². The summed E-state index contributed by atoms with van der Waals surface area (Å²) >= 11 is 0. The van der Waals surface area contributed by atoms with Crippen molar-refractivity contribution in [1.82, 2.24) is 15.2 Å². The maximum absolute atomic E-state index is 12.6. The lowest BCUT2D eigenvalue weighted by Gasteiger charge is -2.33. The van der Waals surface area contributed by atoms with Gasteiger partial charge in [-0.25, -0.2) is 0 Å². The molecule has 3 rings (SSSR count). The molecule has 1 aromatic carbocycles. The van der Waals surface area contributed by atoms with Crippen molar-refractivity contribution in [3.8, 4) is 0 Å². The number of hydrogen-bond donors (Lipinski definition) is 1. The molecule has 2 amide bonds. The van der Waals surface area contributed by atoms with E-state index >= 15 is 0 Å². The molecule has 152 valence electrons. The number of pyridine rings is 1. The molecule has 1 saturated heterocycles. The Balaban J connectivity index is 1.32. The van der Waals surface area contributed by atoms with E-state index in [4.69, 9.17) is 0 Å². The van der Waals surface area contributed by atoms with E-state index in [0.717, 1.165) is 49.9 Å². The molecule has 0 radical (unpaired) electrons. The Labute approximate surface area is 172 Å². The molecule has 5 heteroatoms. The normalized spacial score (nSPS) is 16.7. The smallest absolute Gasteiger partial charge is 0.253 e. The molecule has 1 unspecified atom stereocenters. The minimum atomic E-state index is -0.0776. The number of aromatic nitrogens is 1. The molecular weight excluding hydrogens is 362 g/mol. The van der Waals surface area contributed by atoms with Crippen LogP contribution in [0.3, 0.4) is 0 Å². The summed E-state index contributed by atoms with van der Waals surface area (Å²) in [6.45, 7) is 2.37. The minimum Gasteiger partial charge on any atom is -0.353 e. The van der Waals surface area contributed by atoms with Crippen molar-refractivity contribution < 1.29 is 9.59 Å². The number of nitrogens with one attached hydrogen (secondary N) is 1. The molecular formula is C24H29N3O2. The van der Waals surface area contributed by atoms with Crippen molar-refractivity contribution in [2.75, 3.05) is 19.6 Å². The van der Waals surface area contributed by atoms with Crippen LogP contribution < -0.4 is 5.32 Å². The van der Waals surface area contributed by atoms with Crippen molar-refractivity contribution in [3.05, 3.63) is 72.1 Å². The van der Waals surface area contributed by atoms with Gasteiger partial charge >= 0.3 is 0 Å². The first-order valence-corrected chi connectivity index (χ1v) is 10.4. The molecule has 1 aromatic heterocycles. The summed E-state index contributed by atoms with van der Waals surface area (Å²) in [6, 6.07) is 13.3. The van der Waals surface area contributed by atoms with Crippen molar-refractivity contribution in [2.45, 2.75) is 32.1 Å². The summed E-state index contributed by atoms with van der Waals surface area (Å²) < 4.78 is 0. The molecule has 1 aliphatic rings. The lowest BCUT2D eigenvalue weighted by Crippen LogP contribution is -2.39. The predicted molar refractivity (Wildman–Crippen MR) is 115 cm³/mol. The van der Waals surface area contributed by atoms with Crippen LogP contribution in [0.25, 0.3) is 6.08 Å². The highest BCUT2D eigenvalue weighted by Crippen LogP contribution is 2.23. The highest BCUT2D eigenvalue weighted by Gasteiger charge is 2.23. The van der Waals surface area contributed by atoms with Crippen LogP contribution in [0.15, 0.2) is 60.9 Å². The Morgan fingerprint density at radius 3 is 2.79 bits per heavy atom. The van der Waals surface area contributed by atoms with Crippen molar-refractivity contribution >= 4 is 17.9 Å². The third-order valence-electron chi connectivity index (χ3n) is 5.28. The highest BCUT2D eigenvalue weighted by atomic mass is 16.2. The summed E-state index contributed by atoms with van der Waals surface area (Å²) in [4.78, 5) is 30.5. The fourth-order valence-corrected chi connectivity index (χ4v) is 3.72. The molecule has 2 heterocycles. The number of carbonyl (C=O) groups is 2. The first kappa shape index (κ1) is 20.8. The van der Waals surface area contributed by atoms with Crippen LogP contribution in [-0.2, 0) is 4.79 Å². The second-order valence-electron chi connectivity index (χ2n) is 7.53. The fraction of sp³-hybridized carbons (Fsp3) is 0.375. The molecule has 5 nitrogen and oxygen atoms in total. The number of piperidine rings is 1. The van der Waals surface area contributed by atoms with Crippen molar-refractivity contribution in [3.63, 3.8) is 0 Å². The summed E-state index contributed by atoms with van der Waals surface area (Å²) in [5, 5.41) is 2.93. The number of nitrogens with zero attached hydrogens (tertiary/aromatic N) is 2. The van der Waals surface area contributed by atoms with E-state index < -0.39 is 0 Å².